The lowest BCUT2D eigenvalue weighted by Crippen LogP contribution is -2.40. The van der Waals surface area contributed by atoms with Gasteiger partial charge in [0.15, 0.2) is 5.92 Å². The van der Waals surface area contributed by atoms with Gasteiger partial charge in [-0.1, -0.05) is 13.3 Å². The summed E-state index contributed by atoms with van der Waals surface area (Å²) < 4.78 is 37.0. The molecule has 108 valence electrons. The van der Waals surface area contributed by atoms with E-state index in [1.807, 2.05) is 6.92 Å². The molecule has 0 aliphatic rings. The van der Waals surface area contributed by atoms with Crippen LogP contribution < -0.4 is 5.32 Å². The van der Waals surface area contributed by atoms with Crippen LogP contribution in [0.15, 0.2) is 0 Å². The molecule has 0 heterocycles. The number of hydrogen-bond acceptors (Lipinski definition) is 3. The number of alkyl halides is 3. The van der Waals surface area contributed by atoms with Crippen LogP contribution in [0.25, 0.3) is 0 Å². The quantitative estimate of drug-likeness (QED) is 0.596. The van der Waals surface area contributed by atoms with E-state index in [4.69, 9.17) is 10.2 Å². The van der Waals surface area contributed by atoms with Crippen LogP contribution in [-0.4, -0.2) is 42.1 Å². The molecule has 18 heavy (non-hydrogen) atoms. The first-order chi connectivity index (χ1) is 8.32. The average molecular weight is 271 g/mol. The number of carboxylic acids is 1. The lowest BCUT2D eigenvalue weighted by molar-refractivity contribution is -0.192. The molecule has 0 aromatic heterocycles. The predicted octanol–water partition coefficient (Wildman–Crippen LogP) is 1.64. The third kappa shape index (κ3) is 6.80. The van der Waals surface area contributed by atoms with Crippen LogP contribution in [0.1, 0.15) is 26.2 Å². The SMILES string of the molecule is CCCC(CCO)CNCC(C(=O)O)C(F)(F)F. The molecule has 0 bridgehead atoms. The van der Waals surface area contributed by atoms with Crippen LogP contribution in [0.2, 0.25) is 0 Å². The van der Waals surface area contributed by atoms with Gasteiger partial charge in [0.25, 0.3) is 0 Å². The second-order valence-electron chi connectivity index (χ2n) is 4.26. The Balaban J connectivity index is 4.15. The van der Waals surface area contributed by atoms with Crippen LogP contribution >= 0.6 is 0 Å². The van der Waals surface area contributed by atoms with Gasteiger partial charge in [-0.15, -0.1) is 0 Å². The summed E-state index contributed by atoms with van der Waals surface area (Å²) in [6.45, 7) is 1.58. The number of aliphatic hydroxyl groups excluding tert-OH is 1. The molecule has 0 aliphatic carbocycles. The highest BCUT2D eigenvalue weighted by atomic mass is 19.4. The number of halogens is 3. The molecule has 4 nitrogen and oxygen atoms in total. The van der Waals surface area contributed by atoms with Gasteiger partial charge in [0.2, 0.25) is 0 Å². The molecule has 0 aliphatic heterocycles. The molecule has 3 N–H and O–H groups in total. The third-order valence-electron chi connectivity index (χ3n) is 2.71. The molecule has 0 rings (SSSR count). The van der Waals surface area contributed by atoms with Gasteiger partial charge in [-0.05, 0) is 25.3 Å². The maximum Gasteiger partial charge on any atom is 0.403 e. The summed E-state index contributed by atoms with van der Waals surface area (Å²) in [5.41, 5.74) is 0. The van der Waals surface area contributed by atoms with E-state index in [0.717, 1.165) is 12.8 Å². The fourth-order valence-corrected chi connectivity index (χ4v) is 1.71. The van der Waals surface area contributed by atoms with Gasteiger partial charge >= 0.3 is 12.1 Å². The minimum absolute atomic E-state index is 0.0199. The Morgan fingerprint density at radius 3 is 2.28 bits per heavy atom. The first-order valence-corrected chi connectivity index (χ1v) is 5.94. The molecule has 2 atom stereocenters. The summed E-state index contributed by atoms with van der Waals surface area (Å²) in [5.74, 6) is -4.18. The zero-order chi connectivity index (χ0) is 14.2. The molecule has 7 heteroatoms. The van der Waals surface area contributed by atoms with Crippen LogP contribution in [0.4, 0.5) is 13.2 Å². The zero-order valence-corrected chi connectivity index (χ0v) is 10.3. The van der Waals surface area contributed by atoms with Crippen molar-refractivity contribution in [3.63, 3.8) is 0 Å². The lowest BCUT2D eigenvalue weighted by Gasteiger charge is -2.19. The highest BCUT2D eigenvalue weighted by Crippen LogP contribution is 2.25. The lowest BCUT2D eigenvalue weighted by atomic mass is 10.00. The molecule has 0 saturated heterocycles. The van der Waals surface area contributed by atoms with Crippen molar-refractivity contribution < 1.29 is 28.2 Å². The number of nitrogens with one attached hydrogen (secondary N) is 1. The second kappa shape index (κ2) is 8.31. The summed E-state index contributed by atoms with van der Waals surface area (Å²) in [5, 5.41) is 19.8. The fourth-order valence-electron chi connectivity index (χ4n) is 1.71. The van der Waals surface area contributed by atoms with Crippen LogP contribution in [0.3, 0.4) is 0 Å². The average Bonchev–Trinajstić information content (AvgIpc) is 2.22. The van der Waals surface area contributed by atoms with Gasteiger partial charge in [-0.3, -0.25) is 4.79 Å². The van der Waals surface area contributed by atoms with Crippen molar-refractivity contribution in [2.75, 3.05) is 19.7 Å². The first kappa shape index (κ1) is 17.2. The molecule has 0 amide bonds. The van der Waals surface area contributed by atoms with Gasteiger partial charge in [0.1, 0.15) is 0 Å². The smallest absolute Gasteiger partial charge is 0.403 e. The number of carboxylic acid groups (broad SMARTS) is 1. The normalized spacial score (nSPS) is 15.4. The molecule has 0 radical (unpaired) electrons. The standard InChI is InChI=1S/C11H20F3NO3/c1-2-3-8(4-5-16)6-15-7-9(10(17)18)11(12,13)14/h8-9,15-16H,2-7H2,1H3,(H,17,18). The molecule has 0 fully saturated rings. The van der Waals surface area contributed by atoms with E-state index in [1.165, 1.54) is 0 Å². The fraction of sp³-hybridized carbons (Fsp3) is 0.909. The summed E-state index contributed by atoms with van der Waals surface area (Å²) in [6, 6.07) is 0. The molecule has 0 aromatic carbocycles. The second-order valence-corrected chi connectivity index (χ2v) is 4.26. The maximum absolute atomic E-state index is 12.3. The van der Waals surface area contributed by atoms with E-state index in [2.05, 4.69) is 5.32 Å². The van der Waals surface area contributed by atoms with Gasteiger partial charge in [-0.2, -0.15) is 13.2 Å². The first-order valence-electron chi connectivity index (χ1n) is 5.94. The van der Waals surface area contributed by atoms with E-state index < -0.39 is 24.6 Å². The Morgan fingerprint density at radius 1 is 1.28 bits per heavy atom. The maximum atomic E-state index is 12.3. The Bertz CT molecular complexity index is 240. The molecule has 2 unspecified atom stereocenters. The van der Waals surface area contributed by atoms with Crippen LogP contribution in [0, 0.1) is 11.8 Å². The van der Waals surface area contributed by atoms with E-state index in [1.54, 1.807) is 0 Å². The minimum atomic E-state index is -4.74. The summed E-state index contributed by atoms with van der Waals surface area (Å²) in [4.78, 5) is 10.5. The Hall–Kier alpha value is -0.820. The van der Waals surface area contributed by atoms with Crippen LogP contribution in [0.5, 0.6) is 0 Å². The monoisotopic (exact) mass is 271 g/mol. The van der Waals surface area contributed by atoms with Gasteiger partial charge < -0.3 is 15.5 Å². The molecular weight excluding hydrogens is 251 g/mol. The van der Waals surface area contributed by atoms with Crippen molar-refractivity contribution >= 4 is 5.97 Å². The number of carbonyl (C=O) groups is 1. The van der Waals surface area contributed by atoms with Gasteiger partial charge in [0.05, 0.1) is 0 Å². The molecule has 0 aromatic rings. The number of rotatable bonds is 9. The number of hydrogen-bond donors (Lipinski definition) is 3. The molecule has 0 saturated carbocycles. The van der Waals surface area contributed by atoms with Crippen molar-refractivity contribution in [1.82, 2.24) is 5.32 Å². The Morgan fingerprint density at radius 2 is 1.89 bits per heavy atom. The van der Waals surface area contributed by atoms with Crippen molar-refractivity contribution in [3.8, 4) is 0 Å². The summed E-state index contributed by atoms with van der Waals surface area (Å²) in [6.07, 6.45) is -2.58. The number of aliphatic carboxylic acids is 1. The summed E-state index contributed by atoms with van der Waals surface area (Å²) >= 11 is 0. The molecular formula is C11H20F3NO3. The predicted molar refractivity (Wildman–Crippen MR) is 60.2 cm³/mol. The van der Waals surface area contributed by atoms with E-state index in [-0.39, 0.29) is 19.1 Å². The zero-order valence-electron chi connectivity index (χ0n) is 10.3. The highest BCUT2D eigenvalue weighted by Gasteiger charge is 2.44. The number of aliphatic hydroxyl groups is 1. The van der Waals surface area contributed by atoms with Crippen LogP contribution in [-0.2, 0) is 4.79 Å². The Kier molecular flexibility index (Phi) is 7.93. The summed E-state index contributed by atoms with van der Waals surface area (Å²) in [7, 11) is 0. The van der Waals surface area contributed by atoms with Crippen molar-refractivity contribution in [1.29, 1.82) is 0 Å². The topological polar surface area (TPSA) is 69.6 Å². The largest absolute Gasteiger partial charge is 0.481 e. The van der Waals surface area contributed by atoms with E-state index in [9.17, 15) is 18.0 Å². The van der Waals surface area contributed by atoms with E-state index in [0.29, 0.717) is 6.42 Å². The third-order valence-corrected chi connectivity index (χ3v) is 2.71. The van der Waals surface area contributed by atoms with Crippen molar-refractivity contribution in [2.24, 2.45) is 11.8 Å². The highest BCUT2D eigenvalue weighted by molar-refractivity contribution is 5.71. The Labute approximate surface area is 104 Å². The molecule has 0 spiro atoms. The van der Waals surface area contributed by atoms with Crippen molar-refractivity contribution in [3.05, 3.63) is 0 Å². The van der Waals surface area contributed by atoms with E-state index >= 15 is 0 Å². The van der Waals surface area contributed by atoms with Crippen molar-refractivity contribution in [2.45, 2.75) is 32.4 Å². The van der Waals surface area contributed by atoms with Gasteiger partial charge in [-0.25, -0.2) is 0 Å². The van der Waals surface area contributed by atoms with Gasteiger partial charge in [0, 0.05) is 13.2 Å². The minimum Gasteiger partial charge on any atom is -0.481 e.